The monoisotopic (exact) mass is 938 g/mol. The molecule has 0 spiro atoms. The van der Waals surface area contributed by atoms with Crippen molar-refractivity contribution in [3.8, 4) is 34.3 Å². The molecule has 0 radical (unpaired) electrons. The van der Waals surface area contributed by atoms with E-state index in [1.54, 1.807) is 109 Å². The molecule has 4 atom stereocenters. The first-order chi connectivity index (χ1) is 32.6. The van der Waals surface area contributed by atoms with E-state index in [1.807, 2.05) is 56.3 Å². The summed E-state index contributed by atoms with van der Waals surface area (Å²) in [6.07, 6.45) is 4.48. The van der Waals surface area contributed by atoms with Crippen molar-refractivity contribution >= 4 is 46.8 Å². The summed E-state index contributed by atoms with van der Waals surface area (Å²) in [6, 6.07) is 34.7. The van der Waals surface area contributed by atoms with E-state index >= 15 is 0 Å². The number of carbonyl (C=O) groups is 2. The Morgan fingerprint density at radius 3 is 1.55 bits per heavy atom. The van der Waals surface area contributed by atoms with Crippen LogP contribution in [0.15, 0.2) is 146 Å². The number of nitrogens with zero attached hydrogens (tertiary/aromatic N) is 12. The SMILES string of the molecule is CC(C)Oc1cccc([C@H]2[C@H](Cn3nnc(-c4cccnc4)n3)OC(=O)N2c2ccc(Cl)cc2)c1.O=C1O[C@@H](Cn2nnc(-c3cccnc3)n2)[C@H](c2cccc(O)c2)N1c1ccc(Cl)cc1. The molecule has 0 saturated carbocycles. The highest BCUT2D eigenvalue weighted by Gasteiger charge is 2.46. The molecule has 20 heteroatoms. The molecule has 0 bridgehead atoms. The highest BCUT2D eigenvalue weighted by atomic mass is 35.5. The number of halogens is 2. The number of cyclic esters (lactones) is 2. The number of carbonyl (C=O) groups excluding carboxylic acids is 2. The largest absolute Gasteiger partial charge is 0.508 e. The first-order valence-electron chi connectivity index (χ1n) is 21.0. The van der Waals surface area contributed by atoms with Gasteiger partial charge in [0.25, 0.3) is 0 Å². The van der Waals surface area contributed by atoms with Crippen molar-refractivity contribution in [2.24, 2.45) is 0 Å². The number of ether oxygens (including phenoxy) is 3. The predicted octanol–water partition coefficient (Wildman–Crippen LogP) is 8.80. The molecule has 1 N–H and O–H groups in total. The maximum atomic E-state index is 13.1. The number of hydrogen-bond donors (Lipinski definition) is 1. The minimum absolute atomic E-state index is 0.0140. The third-order valence-electron chi connectivity index (χ3n) is 10.6. The Labute approximate surface area is 393 Å². The Bertz CT molecular complexity index is 2960. The minimum atomic E-state index is -0.629. The van der Waals surface area contributed by atoms with Gasteiger partial charge in [-0.1, -0.05) is 47.5 Å². The van der Waals surface area contributed by atoms with E-state index in [4.69, 9.17) is 37.4 Å². The molecule has 10 rings (SSSR count). The van der Waals surface area contributed by atoms with Gasteiger partial charge in [0, 0.05) is 57.3 Å². The number of pyridine rings is 2. The van der Waals surface area contributed by atoms with Crippen molar-refractivity contribution in [3.63, 3.8) is 0 Å². The predicted molar refractivity (Wildman–Crippen MR) is 246 cm³/mol. The summed E-state index contributed by atoms with van der Waals surface area (Å²) in [6.45, 7) is 4.31. The topological polar surface area (TPSA) is 202 Å². The zero-order valence-electron chi connectivity index (χ0n) is 35.8. The first kappa shape index (κ1) is 44.3. The number of aromatic nitrogens is 10. The van der Waals surface area contributed by atoms with Gasteiger partial charge in [0.15, 0.2) is 0 Å². The highest BCUT2D eigenvalue weighted by molar-refractivity contribution is 6.31. The third kappa shape index (κ3) is 10.1. The average molecular weight is 940 g/mol. The summed E-state index contributed by atoms with van der Waals surface area (Å²) in [4.78, 5) is 40.1. The van der Waals surface area contributed by atoms with Crippen LogP contribution in [0.3, 0.4) is 0 Å². The fourth-order valence-corrected chi connectivity index (χ4v) is 7.99. The van der Waals surface area contributed by atoms with Gasteiger partial charge in [-0.2, -0.15) is 9.59 Å². The summed E-state index contributed by atoms with van der Waals surface area (Å²) in [5, 5.41) is 36.5. The van der Waals surface area contributed by atoms with E-state index in [0.717, 1.165) is 16.7 Å². The Kier molecular flexibility index (Phi) is 13.0. The second-order valence-corrected chi connectivity index (χ2v) is 16.5. The Balaban J connectivity index is 0.000000169. The number of phenols is 1. The average Bonchev–Trinajstić information content (AvgIpc) is 4.14. The Hall–Kier alpha value is -7.96. The minimum Gasteiger partial charge on any atom is -0.508 e. The number of hydrogen-bond acceptors (Lipinski definition) is 14. The zero-order chi connectivity index (χ0) is 46.4. The molecule has 4 aromatic heterocycles. The van der Waals surface area contributed by atoms with Gasteiger partial charge >= 0.3 is 12.2 Å². The van der Waals surface area contributed by atoms with Crippen LogP contribution >= 0.6 is 23.2 Å². The lowest BCUT2D eigenvalue weighted by molar-refractivity contribution is 0.113. The molecule has 2 aliphatic heterocycles. The number of tetrazole rings is 2. The fraction of sp³-hybridized carbons (Fsp3) is 0.191. The van der Waals surface area contributed by atoms with Crippen LogP contribution in [0.25, 0.3) is 22.8 Å². The molecular weight excluding hydrogens is 900 g/mol. The number of rotatable bonds is 12. The van der Waals surface area contributed by atoms with Crippen molar-refractivity contribution < 1.29 is 28.9 Å². The van der Waals surface area contributed by atoms with E-state index in [2.05, 4.69) is 40.8 Å². The molecule has 2 saturated heterocycles. The van der Waals surface area contributed by atoms with Crippen LogP contribution in [0.2, 0.25) is 10.0 Å². The maximum absolute atomic E-state index is 13.1. The molecule has 6 heterocycles. The summed E-state index contributed by atoms with van der Waals surface area (Å²) in [7, 11) is 0. The van der Waals surface area contributed by atoms with Crippen LogP contribution in [0.5, 0.6) is 11.5 Å². The smallest absolute Gasteiger partial charge is 0.415 e. The van der Waals surface area contributed by atoms with E-state index < -0.39 is 36.5 Å². The van der Waals surface area contributed by atoms with Crippen molar-refractivity contribution in [1.29, 1.82) is 0 Å². The van der Waals surface area contributed by atoms with Crippen molar-refractivity contribution in [2.75, 3.05) is 9.80 Å². The standard InChI is InChI=1S/C25H23ClN6O3.C22H17ClN6O3/c1-16(2)34-21-7-3-5-17(13-21)23-22(35-25(33)32(23)20-10-8-19(26)9-11-20)15-31-29-24(28-30-31)18-6-4-12-27-14-18;23-16-6-8-17(9-7-16)29-20(14-3-1-5-18(30)11-14)19(32-22(29)31)13-28-26-21(25-27-28)15-4-2-10-24-12-15/h3-14,16,22-23H,15H2,1-2H3;1-12,19-20,30H,13H2/t22-,23-;19-,20-/m00/s1. The molecular formula is C47H40Cl2N12O6. The number of amides is 2. The van der Waals surface area contributed by atoms with Gasteiger partial charge in [-0.05, 0) is 132 Å². The van der Waals surface area contributed by atoms with Crippen LogP contribution in [-0.4, -0.2) is 86.0 Å². The van der Waals surface area contributed by atoms with Crippen molar-refractivity contribution in [2.45, 2.75) is 57.3 Å². The second kappa shape index (κ2) is 19.6. The van der Waals surface area contributed by atoms with E-state index in [1.165, 1.54) is 14.5 Å². The molecule has 2 aliphatic rings. The molecule has 67 heavy (non-hydrogen) atoms. The number of anilines is 2. The van der Waals surface area contributed by atoms with E-state index in [0.29, 0.717) is 44.4 Å². The lowest BCUT2D eigenvalue weighted by Gasteiger charge is -2.25. The van der Waals surface area contributed by atoms with Crippen molar-refractivity contribution in [1.82, 2.24) is 50.4 Å². The van der Waals surface area contributed by atoms with Gasteiger partial charge in [0.05, 0.1) is 6.10 Å². The van der Waals surface area contributed by atoms with Crippen LogP contribution < -0.4 is 14.5 Å². The summed E-state index contributed by atoms with van der Waals surface area (Å²) >= 11 is 12.1. The van der Waals surface area contributed by atoms with Crippen LogP contribution in [0.1, 0.15) is 37.1 Å². The lowest BCUT2D eigenvalue weighted by atomic mass is 9.99. The molecule has 2 fully saturated rings. The van der Waals surface area contributed by atoms with Gasteiger partial charge in [-0.3, -0.25) is 19.8 Å². The highest BCUT2D eigenvalue weighted by Crippen LogP contribution is 2.41. The van der Waals surface area contributed by atoms with E-state index in [9.17, 15) is 14.7 Å². The molecule has 0 aliphatic carbocycles. The molecule has 0 unspecified atom stereocenters. The fourth-order valence-electron chi connectivity index (χ4n) is 7.74. The molecule has 18 nitrogen and oxygen atoms in total. The van der Waals surface area contributed by atoms with Crippen molar-refractivity contribution in [3.05, 3.63) is 167 Å². The number of benzene rings is 4. The van der Waals surface area contributed by atoms with Gasteiger partial charge in [-0.15, -0.1) is 20.4 Å². The van der Waals surface area contributed by atoms with Gasteiger partial charge in [-0.25, -0.2) is 9.59 Å². The van der Waals surface area contributed by atoms with Gasteiger partial charge in [0.1, 0.15) is 48.9 Å². The summed E-state index contributed by atoms with van der Waals surface area (Å²) in [5.74, 6) is 1.67. The zero-order valence-corrected chi connectivity index (χ0v) is 37.3. The van der Waals surface area contributed by atoms with Gasteiger partial charge < -0.3 is 19.3 Å². The molecule has 2 amide bonds. The van der Waals surface area contributed by atoms with Gasteiger partial charge in [0.2, 0.25) is 11.6 Å². The van der Waals surface area contributed by atoms with E-state index in [-0.39, 0.29) is 24.9 Å². The molecule has 338 valence electrons. The number of aromatic hydroxyl groups is 1. The Morgan fingerprint density at radius 1 is 0.627 bits per heavy atom. The summed E-state index contributed by atoms with van der Waals surface area (Å²) in [5.41, 5.74) is 4.35. The Morgan fingerprint density at radius 2 is 1.10 bits per heavy atom. The first-order valence-corrected chi connectivity index (χ1v) is 21.7. The quantitative estimate of drug-likeness (QED) is 0.122. The number of phenolic OH excluding ortho intramolecular Hbond substituents is 1. The van der Waals surface area contributed by atoms with Crippen LogP contribution in [-0.2, 0) is 22.6 Å². The summed E-state index contributed by atoms with van der Waals surface area (Å²) < 4.78 is 17.4. The maximum Gasteiger partial charge on any atom is 0.415 e. The molecule has 8 aromatic rings. The second-order valence-electron chi connectivity index (χ2n) is 15.6. The van der Waals surface area contributed by atoms with Crippen LogP contribution in [0.4, 0.5) is 21.0 Å². The molecule has 4 aromatic carbocycles. The lowest BCUT2D eigenvalue weighted by Crippen LogP contribution is -2.31. The normalized spacial score (nSPS) is 17.8. The third-order valence-corrected chi connectivity index (χ3v) is 11.1. The van der Waals surface area contributed by atoms with Crippen LogP contribution in [0, 0.1) is 0 Å².